The highest BCUT2D eigenvalue weighted by atomic mass is 19.1. The lowest BCUT2D eigenvalue weighted by molar-refractivity contribution is 0.548. The Hall–Kier alpha value is -1.81. The second-order valence-electron chi connectivity index (χ2n) is 5.36. The van der Waals surface area contributed by atoms with Gasteiger partial charge in [-0.1, -0.05) is 26.0 Å². The normalized spacial score (nSPS) is 11.1. The molecule has 0 unspecified atom stereocenters. The number of rotatable bonds is 5. The van der Waals surface area contributed by atoms with E-state index in [0.717, 1.165) is 17.9 Å². The predicted octanol–water partition coefficient (Wildman–Crippen LogP) is 3.34. The monoisotopic (exact) mass is 273 g/mol. The minimum absolute atomic E-state index is 0.271. The van der Waals surface area contributed by atoms with E-state index in [9.17, 15) is 4.39 Å². The number of nitrogens with one attached hydrogen (secondary N) is 1. The van der Waals surface area contributed by atoms with Gasteiger partial charge in [0.15, 0.2) is 5.82 Å². The second-order valence-corrected chi connectivity index (χ2v) is 5.36. The van der Waals surface area contributed by atoms with Crippen LogP contribution in [0.1, 0.15) is 25.2 Å². The van der Waals surface area contributed by atoms with Crippen molar-refractivity contribution >= 4 is 0 Å². The summed E-state index contributed by atoms with van der Waals surface area (Å²) in [6.45, 7) is 7.89. The van der Waals surface area contributed by atoms with E-state index in [1.54, 1.807) is 6.07 Å². The quantitative estimate of drug-likeness (QED) is 0.908. The number of halogens is 1. The third-order valence-electron chi connectivity index (χ3n) is 2.85. The van der Waals surface area contributed by atoms with Gasteiger partial charge in [-0.3, -0.25) is 0 Å². The van der Waals surface area contributed by atoms with Crippen molar-refractivity contribution in [1.29, 1.82) is 0 Å². The first-order chi connectivity index (χ1) is 9.54. The van der Waals surface area contributed by atoms with Gasteiger partial charge in [0.25, 0.3) is 0 Å². The lowest BCUT2D eigenvalue weighted by atomic mass is 10.2. The van der Waals surface area contributed by atoms with Crippen LogP contribution in [0, 0.1) is 18.7 Å². The summed E-state index contributed by atoms with van der Waals surface area (Å²) < 4.78 is 13.3. The molecule has 0 aliphatic heterocycles. The maximum atomic E-state index is 13.3. The highest BCUT2D eigenvalue weighted by Gasteiger charge is 2.06. The fourth-order valence-electron chi connectivity index (χ4n) is 1.97. The van der Waals surface area contributed by atoms with Gasteiger partial charge in [0.1, 0.15) is 5.82 Å². The Kier molecular flexibility index (Phi) is 4.79. The van der Waals surface area contributed by atoms with Crippen molar-refractivity contribution in [2.45, 2.75) is 27.3 Å². The minimum Gasteiger partial charge on any atom is -0.311 e. The van der Waals surface area contributed by atoms with Gasteiger partial charge in [-0.15, -0.1) is 0 Å². The van der Waals surface area contributed by atoms with Crippen molar-refractivity contribution in [3.8, 4) is 11.4 Å². The fourth-order valence-corrected chi connectivity index (χ4v) is 1.97. The molecule has 0 bridgehead atoms. The lowest BCUT2D eigenvalue weighted by Gasteiger charge is -2.09. The van der Waals surface area contributed by atoms with E-state index < -0.39 is 0 Å². The molecular formula is C16H20FN3. The summed E-state index contributed by atoms with van der Waals surface area (Å²) in [5.74, 6) is 0.901. The van der Waals surface area contributed by atoms with Crippen LogP contribution >= 0.6 is 0 Å². The molecule has 0 saturated carbocycles. The van der Waals surface area contributed by atoms with Crippen LogP contribution < -0.4 is 5.32 Å². The number of nitrogens with zero attached hydrogens (tertiary/aromatic N) is 2. The van der Waals surface area contributed by atoms with Gasteiger partial charge in [-0.05, 0) is 37.6 Å². The van der Waals surface area contributed by atoms with E-state index in [-0.39, 0.29) is 5.82 Å². The molecule has 3 nitrogen and oxygen atoms in total. The smallest absolute Gasteiger partial charge is 0.159 e. The average Bonchev–Trinajstić information content (AvgIpc) is 2.37. The summed E-state index contributed by atoms with van der Waals surface area (Å²) in [5.41, 5.74) is 2.52. The summed E-state index contributed by atoms with van der Waals surface area (Å²) in [6.07, 6.45) is 0. The molecule has 0 spiro atoms. The molecule has 1 aromatic heterocycles. The van der Waals surface area contributed by atoms with E-state index in [0.29, 0.717) is 23.9 Å². The number of aromatic nitrogens is 2. The van der Waals surface area contributed by atoms with Gasteiger partial charge < -0.3 is 5.32 Å². The zero-order valence-electron chi connectivity index (χ0n) is 12.2. The molecule has 1 heterocycles. The summed E-state index contributed by atoms with van der Waals surface area (Å²) in [5, 5.41) is 3.35. The zero-order chi connectivity index (χ0) is 14.5. The van der Waals surface area contributed by atoms with Crippen LogP contribution in [0.5, 0.6) is 0 Å². The molecule has 20 heavy (non-hydrogen) atoms. The first kappa shape index (κ1) is 14.6. The van der Waals surface area contributed by atoms with Gasteiger partial charge in [0.2, 0.25) is 0 Å². The largest absolute Gasteiger partial charge is 0.311 e. The van der Waals surface area contributed by atoms with E-state index in [1.165, 1.54) is 12.1 Å². The van der Waals surface area contributed by atoms with E-state index in [4.69, 9.17) is 0 Å². The van der Waals surface area contributed by atoms with Crippen LogP contribution in [0.4, 0.5) is 4.39 Å². The third kappa shape index (κ3) is 4.10. The molecule has 1 N–H and O–H groups in total. The molecule has 2 rings (SSSR count). The SMILES string of the molecule is Cc1cc(CNCC(C)C)nc(-c2cccc(F)c2)n1. The lowest BCUT2D eigenvalue weighted by Crippen LogP contribution is -2.20. The molecule has 0 atom stereocenters. The van der Waals surface area contributed by atoms with Crippen molar-refractivity contribution in [2.24, 2.45) is 5.92 Å². The molecule has 0 radical (unpaired) electrons. The van der Waals surface area contributed by atoms with E-state index in [1.807, 2.05) is 19.1 Å². The Labute approximate surface area is 119 Å². The summed E-state index contributed by atoms with van der Waals surface area (Å²) in [6, 6.07) is 8.33. The number of aryl methyl sites for hydroxylation is 1. The van der Waals surface area contributed by atoms with Crippen LogP contribution in [-0.4, -0.2) is 16.5 Å². The summed E-state index contributed by atoms with van der Waals surface area (Å²) in [7, 11) is 0. The van der Waals surface area contributed by atoms with Crippen LogP contribution in [-0.2, 0) is 6.54 Å². The highest BCUT2D eigenvalue weighted by molar-refractivity contribution is 5.55. The van der Waals surface area contributed by atoms with E-state index in [2.05, 4.69) is 29.1 Å². The fraction of sp³-hybridized carbons (Fsp3) is 0.375. The molecule has 0 saturated heterocycles. The molecule has 2 aromatic rings. The zero-order valence-corrected chi connectivity index (χ0v) is 12.2. The molecule has 0 aliphatic carbocycles. The van der Waals surface area contributed by atoms with Gasteiger partial charge in [0.05, 0.1) is 5.69 Å². The van der Waals surface area contributed by atoms with E-state index >= 15 is 0 Å². The minimum atomic E-state index is -0.271. The number of hydrogen-bond donors (Lipinski definition) is 1. The van der Waals surface area contributed by atoms with Gasteiger partial charge in [0, 0.05) is 17.8 Å². The predicted molar refractivity (Wildman–Crippen MR) is 78.7 cm³/mol. The van der Waals surface area contributed by atoms with Crippen LogP contribution in [0.2, 0.25) is 0 Å². The van der Waals surface area contributed by atoms with Crippen molar-refractivity contribution < 1.29 is 4.39 Å². The van der Waals surface area contributed by atoms with Crippen molar-refractivity contribution in [1.82, 2.24) is 15.3 Å². The maximum Gasteiger partial charge on any atom is 0.159 e. The average molecular weight is 273 g/mol. The van der Waals surface area contributed by atoms with Crippen LogP contribution in [0.25, 0.3) is 11.4 Å². The Balaban J connectivity index is 2.20. The van der Waals surface area contributed by atoms with Gasteiger partial charge in [-0.25, -0.2) is 14.4 Å². The Morgan fingerprint density at radius 3 is 2.70 bits per heavy atom. The molecule has 106 valence electrons. The molecular weight excluding hydrogens is 253 g/mol. The number of benzene rings is 1. The third-order valence-corrected chi connectivity index (χ3v) is 2.85. The first-order valence-corrected chi connectivity index (χ1v) is 6.86. The molecule has 0 fully saturated rings. The molecule has 0 amide bonds. The molecule has 0 aliphatic rings. The number of hydrogen-bond acceptors (Lipinski definition) is 3. The van der Waals surface area contributed by atoms with Crippen LogP contribution in [0.3, 0.4) is 0 Å². The summed E-state index contributed by atoms with van der Waals surface area (Å²) >= 11 is 0. The Bertz CT molecular complexity index is 582. The van der Waals surface area contributed by atoms with Crippen molar-refractivity contribution in [3.05, 3.63) is 47.5 Å². The van der Waals surface area contributed by atoms with Crippen molar-refractivity contribution in [3.63, 3.8) is 0 Å². The Morgan fingerprint density at radius 1 is 1.20 bits per heavy atom. The highest BCUT2D eigenvalue weighted by Crippen LogP contribution is 2.17. The molecule has 1 aromatic carbocycles. The Morgan fingerprint density at radius 2 is 2.00 bits per heavy atom. The van der Waals surface area contributed by atoms with Crippen molar-refractivity contribution in [2.75, 3.05) is 6.54 Å². The summed E-state index contributed by atoms with van der Waals surface area (Å²) in [4.78, 5) is 8.88. The molecule has 4 heteroatoms. The maximum absolute atomic E-state index is 13.3. The van der Waals surface area contributed by atoms with Gasteiger partial charge >= 0.3 is 0 Å². The first-order valence-electron chi connectivity index (χ1n) is 6.86. The van der Waals surface area contributed by atoms with Gasteiger partial charge in [-0.2, -0.15) is 0 Å². The standard InChI is InChI=1S/C16H20FN3/c1-11(2)9-18-10-15-7-12(3)19-16(20-15)13-5-4-6-14(17)8-13/h4-8,11,18H,9-10H2,1-3H3. The van der Waals surface area contributed by atoms with Crippen LogP contribution in [0.15, 0.2) is 30.3 Å². The second kappa shape index (κ2) is 6.57. The topological polar surface area (TPSA) is 37.8 Å².